The van der Waals surface area contributed by atoms with Gasteiger partial charge in [-0.15, -0.1) is 0 Å². The topological polar surface area (TPSA) is 75.3 Å². The first-order chi connectivity index (χ1) is 13.4. The van der Waals surface area contributed by atoms with Crippen LogP contribution < -0.4 is 10.0 Å². The molecule has 3 rings (SSSR count). The minimum absolute atomic E-state index is 0.0319. The van der Waals surface area contributed by atoms with E-state index in [0.717, 1.165) is 25.7 Å². The molecule has 0 saturated heterocycles. The number of rotatable bonds is 7. The Balaban J connectivity index is 1.77. The molecule has 0 spiro atoms. The largest absolute Gasteiger partial charge is 0.353 e. The Hall–Kier alpha value is -1.89. The second-order valence-corrected chi connectivity index (χ2v) is 9.30. The number of hydrogen-bond acceptors (Lipinski definition) is 3. The zero-order valence-electron chi connectivity index (χ0n) is 15.6. The third-order valence-electron chi connectivity index (χ3n) is 4.98. The first-order valence-electron chi connectivity index (χ1n) is 9.56. The lowest BCUT2D eigenvalue weighted by Crippen LogP contribution is -2.39. The SMILES string of the molecule is O=C(C[C@@H](NS(=O)(=O)c1ccccc1)c1ccc(Cl)cc1)NC1CCCCC1. The fraction of sp³-hybridized carbons (Fsp3) is 0.381. The van der Waals surface area contributed by atoms with Crippen LogP contribution in [0.1, 0.15) is 50.1 Å². The molecule has 150 valence electrons. The van der Waals surface area contributed by atoms with Gasteiger partial charge >= 0.3 is 0 Å². The fourth-order valence-corrected chi connectivity index (χ4v) is 4.87. The van der Waals surface area contributed by atoms with Gasteiger partial charge in [-0.1, -0.05) is 61.2 Å². The Bertz CT molecular complexity index is 880. The number of nitrogens with one attached hydrogen (secondary N) is 2. The van der Waals surface area contributed by atoms with Gasteiger partial charge in [0.05, 0.1) is 10.9 Å². The van der Waals surface area contributed by atoms with Gasteiger partial charge < -0.3 is 5.32 Å². The molecule has 0 radical (unpaired) electrons. The van der Waals surface area contributed by atoms with E-state index in [2.05, 4.69) is 10.0 Å². The van der Waals surface area contributed by atoms with Crippen LogP contribution in [0.3, 0.4) is 0 Å². The van der Waals surface area contributed by atoms with Gasteiger partial charge in [-0.25, -0.2) is 13.1 Å². The molecule has 7 heteroatoms. The van der Waals surface area contributed by atoms with Crippen molar-refractivity contribution in [1.82, 2.24) is 10.0 Å². The first-order valence-corrected chi connectivity index (χ1v) is 11.4. The molecular formula is C21H25ClN2O3S. The van der Waals surface area contributed by atoms with E-state index >= 15 is 0 Å². The predicted octanol–water partition coefficient (Wildman–Crippen LogP) is 4.20. The Morgan fingerprint density at radius 3 is 2.29 bits per heavy atom. The molecule has 0 heterocycles. The molecule has 0 unspecified atom stereocenters. The van der Waals surface area contributed by atoms with Gasteiger partial charge in [-0.05, 0) is 42.7 Å². The zero-order valence-corrected chi connectivity index (χ0v) is 17.2. The summed E-state index contributed by atoms with van der Waals surface area (Å²) in [5.74, 6) is -0.150. The van der Waals surface area contributed by atoms with Crippen LogP contribution in [-0.2, 0) is 14.8 Å². The number of benzene rings is 2. The van der Waals surface area contributed by atoms with Crippen molar-refractivity contribution in [3.63, 3.8) is 0 Å². The van der Waals surface area contributed by atoms with E-state index in [1.807, 2.05) is 0 Å². The van der Waals surface area contributed by atoms with Gasteiger partial charge in [0.1, 0.15) is 0 Å². The molecule has 1 fully saturated rings. The summed E-state index contributed by atoms with van der Waals surface area (Å²) in [5, 5.41) is 3.61. The number of amides is 1. The van der Waals surface area contributed by atoms with Crippen molar-refractivity contribution in [2.75, 3.05) is 0 Å². The summed E-state index contributed by atoms with van der Waals surface area (Å²) >= 11 is 5.96. The quantitative estimate of drug-likeness (QED) is 0.704. The molecule has 0 aliphatic heterocycles. The molecule has 28 heavy (non-hydrogen) atoms. The summed E-state index contributed by atoms with van der Waals surface area (Å²) in [4.78, 5) is 12.8. The van der Waals surface area contributed by atoms with Crippen LogP contribution in [0.2, 0.25) is 5.02 Å². The van der Waals surface area contributed by atoms with Crippen molar-refractivity contribution in [2.45, 2.75) is 55.5 Å². The first kappa shape index (κ1) is 20.8. The molecule has 0 aromatic heterocycles. The minimum atomic E-state index is -3.76. The average molecular weight is 421 g/mol. The van der Waals surface area contributed by atoms with Crippen LogP contribution in [0.25, 0.3) is 0 Å². The second kappa shape index (κ2) is 9.54. The highest BCUT2D eigenvalue weighted by Gasteiger charge is 2.25. The maximum absolute atomic E-state index is 12.8. The van der Waals surface area contributed by atoms with E-state index in [-0.39, 0.29) is 23.3 Å². The zero-order chi connectivity index (χ0) is 20.0. The molecule has 1 aliphatic rings. The summed E-state index contributed by atoms with van der Waals surface area (Å²) in [7, 11) is -3.76. The van der Waals surface area contributed by atoms with E-state index in [1.54, 1.807) is 42.5 Å². The molecular weight excluding hydrogens is 396 g/mol. The van der Waals surface area contributed by atoms with Gasteiger partial charge in [0.25, 0.3) is 0 Å². The normalized spacial score (nSPS) is 16.5. The van der Waals surface area contributed by atoms with Gasteiger partial charge in [-0.2, -0.15) is 0 Å². The lowest BCUT2D eigenvalue weighted by atomic mass is 9.95. The summed E-state index contributed by atoms with van der Waals surface area (Å²) < 4.78 is 28.3. The molecule has 2 aromatic rings. The molecule has 1 atom stereocenters. The maximum Gasteiger partial charge on any atom is 0.241 e. The fourth-order valence-electron chi connectivity index (χ4n) is 3.50. The van der Waals surface area contributed by atoms with Crippen molar-refractivity contribution < 1.29 is 13.2 Å². The van der Waals surface area contributed by atoms with Gasteiger partial charge in [0.15, 0.2) is 0 Å². The van der Waals surface area contributed by atoms with E-state index in [4.69, 9.17) is 11.6 Å². The molecule has 1 aliphatic carbocycles. The Morgan fingerprint density at radius 2 is 1.64 bits per heavy atom. The lowest BCUT2D eigenvalue weighted by molar-refractivity contribution is -0.122. The van der Waals surface area contributed by atoms with Gasteiger partial charge in [0.2, 0.25) is 15.9 Å². The Kier molecular flexibility index (Phi) is 7.10. The molecule has 1 amide bonds. The smallest absolute Gasteiger partial charge is 0.241 e. The second-order valence-electron chi connectivity index (χ2n) is 7.15. The van der Waals surface area contributed by atoms with Crippen molar-refractivity contribution >= 4 is 27.5 Å². The van der Waals surface area contributed by atoms with E-state index in [9.17, 15) is 13.2 Å². The highest BCUT2D eigenvalue weighted by Crippen LogP contribution is 2.23. The molecule has 2 aromatic carbocycles. The van der Waals surface area contributed by atoms with Crippen LogP contribution in [0.5, 0.6) is 0 Å². The van der Waals surface area contributed by atoms with E-state index in [0.29, 0.717) is 10.6 Å². The highest BCUT2D eigenvalue weighted by molar-refractivity contribution is 7.89. The van der Waals surface area contributed by atoms with Crippen LogP contribution in [0, 0.1) is 0 Å². The van der Waals surface area contributed by atoms with E-state index < -0.39 is 16.1 Å². The van der Waals surface area contributed by atoms with Crippen LogP contribution in [0.4, 0.5) is 0 Å². The van der Waals surface area contributed by atoms with Crippen molar-refractivity contribution in [3.8, 4) is 0 Å². The minimum Gasteiger partial charge on any atom is -0.353 e. The number of halogens is 1. The van der Waals surface area contributed by atoms with Crippen LogP contribution >= 0.6 is 11.6 Å². The summed E-state index contributed by atoms with van der Waals surface area (Å²) in [6, 6.07) is 14.5. The van der Waals surface area contributed by atoms with Crippen LogP contribution in [0.15, 0.2) is 59.5 Å². The number of carbonyl (C=O) groups excluding carboxylic acids is 1. The average Bonchev–Trinajstić information content (AvgIpc) is 2.69. The summed E-state index contributed by atoms with van der Waals surface area (Å²) in [6.07, 6.45) is 5.43. The van der Waals surface area contributed by atoms with Gasteiger partial charge in [-0.3, -0.25) is 4.79 Å². The third-order valence-corrected chi connectivity index (χ3v) is 6.72. The van der Waals surface area contributed by atoms with Crippen molar-refractivity contribution in [1.29, 1.82) is 0 Å². The molecule has 0 bridgehead atoms. The Labute approximate surface area is 171 Å². The Morgan fingerprint density at radius 1 is 1.00 bits per heavy atom. The summed E-state index contributed by atoms with van der Waals surface area (Å²) in [5.41, 5.74) is 0.697. The van der Waals surface area contributed by atoms with Crippen LogP contribution in [-0.4, -0.2) is 20.4 Å². The van der Waals surface area contributed by atoms with Gasteiger partial charge in [0, 0.05) is 17.5 Å². The van der Waals surface area contributed by atoms with E-state index in [1.165, 1.54) is 18.6 Å². The van der Waals surface area contributed by atoms with Crippen molar-refractivity contribution in [2.24, 2.45) is 0 Å². The highest BCUT2D eigenvalue weighted by atomic mass is 35.5. The van der Waals surface area contributed by atoms with Crippen molar-refractivity contribution in [3.05, 3.63) is 65.2 Å². The lowest BCUT2D eigenvalue weighted by Gasteiger charge is -2.25. The molecule has 5 nitrogen and oxygen atoms in total. The monoisotopic (exact) mass is 420 g/mol. The number of carbonyl (C=O) groups is 1. The molecule has 1 saturated carbocycles. The third kappa shape index (κ3) is 5.80. The summed E-state index contributed by atoms with van der Waals surface area (Å²) in [6.45, 7) is 0. The maximum atomic E-state index is 12.8. The predicted molar refractivity (Wildman–Crippen MR) is 111 cm³/mol. The number of hydrogen-bond donors (Lipinski definition) is 2. The molecule has 2 N–H and O–H groups in total. The number of sulfonamides is 1. The standard InChI is InChI=1S/C21H25ClN2O3S/c22-17-13-11-16(12-14-17)20(15-21(25)23-18-7-3-1-4-8-18)24-28(26,27)19-9-5-2-6-10-19/h2,5-6,9-14,18,20,24H,1,3-4,7-8,15H2,(H,23,25)/t20-/m1/s1.